The van der Waals surface area contributed by atoms with Crippen molar-refractivity contribution in [1.29, 1.82) is 0 Å². The normalized spacial score (nSPS) is 13.3. The van der Waals surface area contributed by atoms with Gasteiger partial charge in [0.1, 0.15) is 0 Å². The molecule has 5 heteroatoms. The van der Waals surface area contributed by atoms with Gasteiger partial charge in [-0.2, -0.15) is 0 Å². The Morgan fingerprint density at radius 3 is 1.30 bits per heavy atom. The fourth-order valence-corrected chi connectivity index (χ4v) is 5.12. The maximum atomic E-state index is 5.61. The Morgan fingerprint density at radius 1 is 0.649 bits per heavy atom. The second-order valence-corrected chi connectivity index (χ2v) is 12.0. The van der Waals surface area contributed by atoms with Crippen LogP contribution in [0.4, 0.5) is 11.4 Å². The van der Waals surface area contributed by atoms with Gasteiger partial charge in [-0.25, -0.2) is 0 Å². The van der Waals surface area contributed by atoms with E-state index in [2.05, 4.69) is 138 Å². The summed E-state index contributed by atoms with van der Waals surface area (Å²) in [6.07, 6.45) is 6.23. The van der Waals surface area contributed by atoms with E-state index in [9.17, 15) is 0 Å². The van der Waals surface area contributed by atoms with Gasteiger partial charge in [0.15, 0.2) is 0 Å². The van der Waals surface area contributed by atoms with Crippen LogP contribution < -0.4 is 14.0 Å². The van der Waals surface area contributed by atoms with Gasteiger partial charge in [0.25, 0.3) is 0 Å². The third-order valence-electron chi connectivity index (χ3n) is 6.68. The van der Waals surface area contributed by atoms with Crippen LogP contribution in [0.1, 0.15) is 101 Å². The van der Waals surface area contributed by atoms with Crippen LogP contribution in [0, 0.1) is 0 Å². The summed E-state index contributed by atoms with van der Waals surface area (Å²) in [6.45, 7) is 19.2. The Hall–Kier alpha value is -2.12. The quantitative estimate of drug-likeness (QED) is 0.261. The Balaban J connectivity index is 0.000000405. The minimum atomic E-state index is 0.500. The van der Waals surface area contributed by atoms with Crippen molar-refractivity contribution in [3.8, 4) is 0 Å². The zero-order valence-corrected chi connectivity index (χ0v) is 25.7. The number of rotatable bonds is 6. The molecule has 1 aliphatic rings. The molecule has 0 atom stereocenters. The van der Waals surface area contributed by atoms with Crippen LogP contribution in [0.15, 0.2) is 67.1 Å². The molecular formula is C32H41ClN3Pd. The summed E-state index contributed by atoms with van der Waals surface area (Å²) in [7, 11) is 0. The molecule has 0 amide bonds. The van der Waals surface area contributed by atoms with Gasteiger partial charge in [0, 0.05) is 23.8 Å². The van der Waals surface area contributed by atoms with E-state index < -0.39 is 0 Å². The molecule has 3 nitrogen and oxygen atoms in total. The van der Waals surface area contributed by atoms with Gasteiger partial charge in [-0.15, -0.1) is 0 Å². The van der Waals surface area contributed by atoms with Crippen molar-refractivity contribution in [2.75, 3.05) is 16.5 Å². The van der Waals surface area contributed by atoms with Crippen LogP contribution in [0.2, 0.25) is 5.02 Å². The van der Waals surface area contributed by atoms with Crippen molar-refractivity contribution in [2.24, 2.45) is 0 Å². The molecule has 0 spiro atoms. The van der Waals surface area contributed by atoms with Crippen molar-refractivity contribution in [3.63, 3.8) is 0 Å². The molecule has 4 rings (SSSR count). The molecule has 0 fully saturated rings. The number of anilines is 2. The molecule has 201 valence electrons. The summed E-state index contributed by atoms with van der Waals surface area (Å²) >= 11 is 8.51. The van der Waals surface area contributed by atoms with Gasteiger partial charge in [0.05, 0.1) is 6.67 Å². The number of nitrogens with zero attached hydrogens (tertiary/aromatic N) is 3. The van der Waals surface area contributed by atoms with Gasteiger partial charge >= 0.3 is 63.3 Å². The van der Waals surface area contributed by atoms with Crippen molar-refractivity contribution >= 4 is 27.1 Å². The Bertz CT molecular complexity index is 1070. The Kier molecular flexibility index (Phi) is 10.4. The van der Waals surface area contributed by atoms with E-state index in [1.54, 1.807) is 18.3 Å². The summed E-state index contributed by atoms with van der Waals surface area (Å²) in [4.78, 5) is 8.78. The van der Waals surface area contributed by atoms with E-state index in [1.807, 2.05) is 0 Å². The Labute approximate surface area is 240 Å². The van der Waals surface area contributed by atoms with Crippen molar-refractivity contribution < 1.29 is 19.2 Å². The molecular weight excluding hydrogens is 568 g/mol. The molecule has 2 heterocycles. The van der Waals surface area contributed by atoms with E-state index in [1.165, 1.54) is 33.6 Å². The van der Waals surface area contributed by atoms with Crippen LogP contribution in [0.5, 0.6) is 0 Å². The number of halogens is 1. The molecule has 0 N–H and O–H groups in total. The predicted molar refractivity (Wildman–Crippen MR) is 157 cm³/mol. The summed E-state index contributed by atoms with van der Waals surface area (Å²) in [5.74, 6) is 2.00. The van der Waals surface area contributed by atoms with E-state index in [4.69, 9.17) is 11.6 Å². The predicted octanol–water partition coefficient (Wildman–Crippen LogP) is 8.84. The van der Waals surface area contributed by atoms with Gasteiger partial charge in [0.2, 0.25) is 0 Å². The molecule has 0 aliphatic carbocycles. The van der Waals surface area contributed by atoms with Crippen LogP contribution in [-0.4, -0.2) is 11.7 Å². The molecule has 37 heavy (non-hydrogen) atoms. The third kappa shape index (κ3) is 7.05. The average molecular weight is 610 g/mol. The number of pyridine rings is 1. The first-order chi connectivity index (χ1) is 17.5. The van der Waals surface area contributed by atoms with Crippen LogP contribution >= 0.6 is 11.6 Å². The zero-order chi connectivity index (χ0) is 27.3. The molecule has 0 radical (unpaired) electrons. The first kappa shape index (κ1) is 29.4. The van der Waals surface area contributed by atoms with Crippen LogP contribution in [0.3, 0.4) is 0 Å². The monoisotopic (exact) mass is 608 g/mol. The standard InChI is InChI=1S/C27H38N2.C5H3ClN.Pd/c1-18(2)22-11-9-12-23(19(3)4)26(22)28-15-16-29(17-28)27-24(20(5)6)13-10-14-25(27)21(7)8;6-5-2-1-3-7-4-5;/h9-16,18-21H,17H2,1-8H3;1-3H;. The minimum absolute atomic E-state index is 0.500. The van der Waals surface area contributed by atoms with Crippen molar-refractivity contribution in [3.05, 3.63) is 94.4 Å². The molecule has 0 saturated carbocycles. The fraction of sp³-hybridized carbons (Fsp3) is 0.406. The molecule has 1 aromatic heterocycles. The van der Waals surface area contributed by atoms with Crippen molar-refractivity contribution in [1.82, 2.24) is 4.98 Å². The topological polar surface area (TPSA) is 19.4 Å². The van der Waals surface area contributed by atoms with E-state index in [0.29, 0.717) is 28.7 Å². The average Bonchev–Trinajstić information content (AvgIpc) is 3.34. The summed E-state index contributed by atoms with van der Waals surface area (Å²) < 4.78 is 0.733. The number of benzene rings is 2. The third-order valence-corrected chi connectivity index (χ3v) is 7.82. The SMILES string of the molecule is CC(C)c1cccc(C(C)C)c1N1C=CN(c2c(C(C)C)cccc2C(C)C)C1.Clc1cccn[c]1[Pd]. The van der Waals surface area contributed by atoms with Crippen LogP contribution in [0.25, 0.3) is 0 Å². The molecule has 0 bridgehead atoms. The second kappa shape index (κ2) is 13.1. The zero-order valence-electron chi connectivity index (χ0n) is 23.4. The number of hydrogen-bond donors (Lipinski definition) is 0. The fourth-order valence-electron chi connectivity index (χ4n) is 4.75. The Morgan fingerprint density at radius 2 is 1.03 bits per heavy atom. The summed E-state index contributed by atoms with van der Waals surface area (Å²) in [5, 5.41) is 0.663. The van der Waals surface area contributed by atoms with E-state index in [-0.39, 0.29) is 0 Å². The molecule has 1 aliphatic heterocycles. The van der Waals surface area contributed by atoms with E-state index >= 15 is 0 Å². The second-order valence-electron chi connectivity index (χ2n) is 10.8. The van der Waals surface area contributed by atoms with Gasteiger partial charge < -0.3 is 9.80 Å². The summed E-state index contributed by atoms with van der Waals surface area (Å²) in [5.41, 5.74) is 8.52. The first-order valence-corrected chi connectivity index (χ1v) is 14.4. The number of hydrogen-bond acceptors (Lipinski definition) is 3. The van der Waals surface area contributed by atoms with E-state index in [0.717, 1.165) is 10.8 Å². The molecule has 0 unspecified atom stereocenters. The summed E-state index contributed by atoms with van der Waals surface area (Å²) in [6, 6.07) is 17.2. The number of para-hydroxylation sites is 2. The maximum absolute atomic E-state index is 5.61. The molecule has 3 aromatic rings. The van der Waals surface area contributed by atoms with Gasteiger partial charge in [-0.1, -0.05) is 91.8 Å². The van der Waals surface area contributed by atoms with Crippen molar-refractivity contribution in [2.45, 2.75) is 79.1 Å². The van der Waals surface area contributed by atoms with Gasteiger partial charge in [-0.3, -0.25) is 0 Å². The first-order valence-electron chi connectivity index (χ1n) is 13.2. The van der Waals surface area contributed by atoms with Gasteiger partial charge in [-0.05, 0) is 45.9 Å². The van der Waals surface area contributed by atoms with Crippen LogP contribution in [-0.2, 0) is 19.2 Å². The number of aromatic nitrogens is 1. The molecule has 0 saturated heterocycles. The molecule has 2 aromatic carbocycles.